The van der Waals surface area contributed by atoms with Gasteiger partial charge in [0.1, 0.15) is 5.75 Å². The fourth-order valence-electron chi connectivity index (χ4n) is 3.54. The zero-order valence-electron chi connectivity index (χ0n) is 13.8. The highest BCUT2D eigenvalue weighted by molar-refractivity contribution is 5.77. The maximum Gasteiger partial charge on any atom is 0.223 e. The molecule has 126 valence electrons. The van der Waals surface area contributed by atoms with Gasteiger partial charge in [-0.2, -0.15) is 0 Å². The van der Waals surface area contributed by atoms with Gasteiger partial charge in [0.25, 0.3) is 0 Å². The van der Waals surface area contributed by atoms with E-state index in [1.54, 1.807) is 7.11 Å². The SMILES string of the molecule is COc1ccccc1C1CNCCN1C(=O)CC1CCOCC1. The van der Waals surface area contributed by atoms with E-state index in [9.17, 15) is 4.79 Å². The van der Waals surface area contributed by atoms with Crippen LogP contribution in [-0.2, 0) is 9.53 Å². The molecule has 2 saturated heterocycles. The summed E-state index contributed by atoms with van der Waals surface area (Å²) in [5.74, 6) is 1.57. The number of carbonyl (C=O) groups is 1. The summed E-state index contributed by atoms with van der Waals surface area (Å²) in [6.07, 6.45) is 2.63. The molecule has 2 fully saturated rings. The van der Waals surface area contributed by atoms with Crippen molar-refractivity contribution < 1.29 is 14.3 Å². The van der Waals surface area contributed by atoms with Crippen molar-refractivity contribution in [2.24, 2.45) is 5.92 Å². The predicted octanol–water partition coefficient (Wildman–Crippen LogP) is 1.98. The lowest BCUT2D eigenvalue weighted by molar-refractivity contribution is -0.136. The molecule has 0 spiro atoms. The van der Waals surface area contributed by atoms with E-state index in [1.807, 2.05) is 23.1 Å². The maximum atomic E-state index is 12.9. The molecular weight excluding hydrogens is 292 g/mol. The van der Waals surface area contributed by atoms with Crippen LogP contribution in [0.5, 0.6) is 5.75 Å². The van der Waals surface area contributed by atoms with E-state index >= 15 is 0 Å². The van der Waals surface area contributed by atoms with Crippen LogP contribution in [0, 0.1) is 5.92 Å². The van der Waals surface area contributed by atoms with E-state index < -0.39 is 0 Å². The highest BCUT2D eigenvalue weighted by Gasteiger charge is 2.31. The molecule has 23 heavy (non-hydrogen) atoms. The molecule has 5 heteroatoms. The number of carbonyl (C=O) groups excluding carboxylic acids is 1. The first-order chi connectivity index (χ1) is 11.3. The van der Waals surface area contributed by atoms with Gasteiger partial charge in [0, 0.05) is 44.8 Å². The van der Waals surface area contributed by atoms with Crippen LogP contribution in [0.4, 0.5) is 0 Å². The quantitative estimate of drug-likeness (QED) is 0.922. The summed E-state index contributed by atoms with van der Waals surface area (Å²) in [7, 11) is 1.68. The highest BCUT2D eigenvalue weighted by Crippen LogP contribution is 2.31. The summed E-state index contributed by atoms with van der Waals surface area (Å²) in [6.45, 7) is 3.96. The minimum Gasteiger partial charge on any atom is -0.496 e. The largest absolute Gasteiger partial charge is 0.496 e. The van der Waals surface area contributed by atoms with E-state index in [4.69, 9.17) is 9.47 Å². The van der Waals surface area contributed by atoms with Crippen molar-refractivity contribution in [3.63, 3.8) is 0 Å². The van der Waals surface area contributed by atoms with Gasteiger partial charge in [-0.05, 0) is 24.8 Å². The number of hydrogen-bond donors (Lipinski definition) is 1. The summed E-state index contributed by atoms with van der Waals surface area (Å²) < 4.78 is 10.9. The molecule has 1 unspecified atom stereocenters. The fourth-order valence-corrected chi connectivity index (χ4v) is 3.54. The van der Waals surface area contributed by atoms with Gasteiger partial charge < -0.3 is 19.7 Å². The molecule has 0 aromatic heterocycles. The molecular formula is C18H26N2O3. The maximum absolute atomic E-state index is 12.9. The van der Waals surface area contributed by atoms with Crippen LogP contribution in [0.3, 0.4) is 0 Å². The second-order valence-corrected chi connectivity index (χ2v) is 6.31. The van der Waals surface area contributed by atoms with Crippen molar-refractivity contribution in [2.75, 3.05) is 40.0 Å². The normalized spacial score (nSPS) is 22.8. The number of nitrogens with zero attached hydrogens (tertiary/aromatic N) is 1. The highest BCUT2D eigenvalue weighted by atomic mass is 16.5. The lowest BCUT2D eigenvalue weighted by atomic mass is 9.94. The van der Waals surface area contributed by atoms with Crippen molar-refractivity contribution in [3.05, 3.63) is 29.8 Å². The van der Waals surface area contributed by atoms with Crippen LogP contribution in [0.25, 0.3) is 0 Å². The Morgan fingerprint density at radius 3 is 2.91 bits per heavy atom. The number of ether oxygens (including phenoxy) is 2. The first-order valence-electron chi connectivity index (χ1n) is 8.50. The van der Waals surface area contributed by atoms with E-state index in [0.29, 0.717) is 12.3 Å². The van der Waals surface area contributed by atoms with E-state index in [-0.39, 0.29) is 11.9 Å². The fraction of sp³-hybridized carbons (Fsp3) is 0.611. The zero-order chi connectivity index (χ0) is 16.1. The second kappa shape index (κ2) is 7.79. The van der Waals surface area contributed by atoms with Crippen LogP contribution in [0.1, 0.15) is 30.9 Å². The molecule has 1 atom stereocenters. The minimum absolute atomic E-state index is 0.0484. The van der Waals surface area contributed by atoms with Gasteiger partial charge in [0.15, 0.2) is 0 Å². The number of para-hydroxylation sites is 1. The average Bonchev–Trinajstić information content (AvgIpc) is 2.62. The molecule has 0 aliphatic carbocycles. The molecule has 5 nitrogen and oxygen atoms in total. The van der Waals surface area contributed by atoms with Crippen molar-refractivity contribution in [2.45, 2.75) is 25.3 Å². The van der Waals surface area contributed by atoms with Gasteiger partial charge in [-0.3, -0.25) is 4.79 Å². The predicted molar refractivity (Wildman–Crippen MR) is 88.5 cm³/mol. The first kappa shape index (κ1) is 16.3. The molecule has 0 saturated carbocycles. The molecule has 2 aliphatic rings. The number of benzene rings is 1. The number of amides is 1. The molecule has 2 aliphatic heterocycles. The van der Waals surface area contributed by atoms with Crippen molar-refractivity contribution in [1.82, 2.24) is 10.2 Å². The molecule has 1 N–H and O–H groups in total. The topological polar surface area (TPSA) is 50.8 Å². The van der Waals surface area contributed by atoms with Gasteiger partial charge in [0.2, 0.25) is 5.91 Å². The van der Waals surface area contributed by atoms with Crippen LogP contribution in [0.2, 0.25) is 0 Å². The Morgan fingerprint density at radius 1 is 1.35 bits per heavy atom. The van der Waals surface area contributed by atoms with Gasteiger partial charge >= 0.3 is 0 Å². The second-order valence-electron chi connectivity index (χ2n) is 6.31. The van der Waals surface area contributed by atoms with Crippen LogP contribution < -0.4 is 10.1 Å². The zero-order valence-corrected chi connectivity index (χ0v) is 13.8. The van der Waals surface area contributed by atoms with Crippen molar-refractivity contribution >= 4 is 5.91 Å². The van der Waals surface area contributed by atoms with Crippen LogP contribution >= 0.6 is 0 Å². The Morgan fingerprint density at radius 2 is 2.13 bits per heavy atom. The van der Waals surface area contributed by atoms with Gasteiger partial charge in [-0.15, -0.1) is 0 Å². The van der Waals surface area contributed by atoms with Crippen LogP contribution in [-0.4, -0.2) is 50.8 Å². The summed E-state index contributed by atoms with van der Waals surface area (Å²) in [5, 5.41) is 3.40. The molecule has 0 bridgehead atoms. The Kier molecular flexibility index (Phi) is 5.51. The Bertz CT molecular complexity index is 529. The summed E-state index contributed by atoms with van der Waals surface area (Å²) in [5.41, 5.74) is 1.09. The average molecular weight is 318 g/mol. The van der Waals surface area contributed by atoms with Crippen molar-refractivity contribution in [1.29, 1.82) is 0 Å². The van der Waals surface area contributed by atoms with Crippen LogP contribution in [0.15, 0.2) is 24.3 Å². The lowest BCUT2D eigenvalue weighted by Gasteiger charge is -2.38. The molecule has 0 radical (unpaired) electrons. The van der Waals surface area contributed by atoms with Gasteiger partial charge in [-0.25, -0.2) is 0 Å². The smallest absolute Gasteiger partial charge is 0.223 e. The van der Waals surface area contributed by atoms with Gasteiger partial charge in [-0.1, -0.05) is 18.2 Å². The first-order valence-corrected chi connectivity index (χ1v) is 8.50. The summed E-state index contributed by atoms with van der Waals surface area (Å²) >= 11 is 0. The number of rotatable bonds is 4. The molecule has 2 heterocycles. The number of methoxy groups -OCH3 is 1. The van der Waals surface area contributed by atoms with E-state index in [1.165, 1.54) is 0 Å². The molecule has 1 amide bonds. The Balaban J connectivity index is 1.74. The monoisotopic (exact) mass is 318 g/mol. The van der Waals surface area contributed by atoms with E-state index in [0.717, 1.165) is 57.0 Å². The Labute approximate surface area is 137 Å². The number of piperazine rings is 1. The third-order valence-electron chi connectivity index (χ3n) is 4.87. The molecule has 3 rings (SSSR count). The third-order valence-corrected chi connectivity index (χ3v) is 4.87. The Hall–Kier alpha value is -1.59. The van der Waals surface area contributed by atoms with Gasteiger partial charge in [0.05, 0.1) is 13.2 Å². The van der Waals surface area contributed by atoms with E-state index in [2.05, 4.69) is 11.4 Å². The summed E-state index contributed by atoms with van der Waals surface area (Å²) in [4.78, 5) is 14.9. The summed E-state index contributed by atoms with van der Waals surface area (Å²) in [6, 6.07) is 8.05. The van der Waals surface area contributed by atoms with Crippen molar-refractivity contribution in [3.8, 4) is 5.75 Å². The number of hydrogen-bond acceptors (Lipinski definition) is 4. The third kappa shape index (κ3) is 3.85. The number of nitrogens with one attached hydrogen (secondary N) is 1. The molecule has 1 aromatic rings. The standard InChI is InChI=1S/C18H26N2O3/c1-22-17-5-3-2-4-15(17)16-13-19-8-9-20(16)18(21)12-14-6-10-23-11-7-14/h2-5,14,16,19H,6-13H2,1H3. The lowest BCUT2D eigenvalue weighted by Crippen LogP contribution is -2.49. The minimum atomic E-state index is 0.0484. The molecule has 1 aromatic carbocycles.